The van der Waals surface area contributed by atoms with Crippen molar-refractivity contribution < 1.29 is 9.90 Å². The first-order valence-corrected chi connectivity index (χ1v) is 7.55. The third kappa shape index (κ3) is 2.94. The fourth-order valence-electron chi connectivity index (χ4n) is 2.55. The van der Waals surface area contributed by atoms with Crippen LogP contribution in [0.15, 0.2) is 46.9 Å². The van der Waals surface area contributed by atoms with Crippen LogP contribution in [-0.2, 0) is 11.2 Å². The molecular formula is C16H15BrN2O2. The number of phenolic OH excluding ortho intramolecular Hbond substituents is 1. The minimum Gasteiger partial charge on any atom is -0.506 e. The number of benzene rings is 2. The molecule has 5 heteroatoms. The molecule has 0 saturated heterocycles. The first-order chi connectivity index (χ1) is 10.1. The van der Waals surface area contributed by atoms with Gasteiger partial charge in [0.15, 0.2) is 0 Å². The molecule has 0 fully saturated rings. The van der Waals surface area contributed by atoms with Crippen LogP contribution >= 0.6 is 15.9 Å². The van der Waals surface area contributed by atoms with Gasteiger partial charge in [0.05, 0.1) is 5.69 Å². The number of phenols is 1. The normalized spacial score (nSPS) is 17.1. The number of fused-ring (bicyclic) bond motifs is 1. The molecule has 108 valence electrons. The summed E-state index contributed by atoms with van der Waals surface area (Å²) in [6.45, 7) is 0.763. The fourth-order valence-corrected chi connectivity index (χ4v) is 2.91. The van der Waals surface area contributed by atoms with Crippen molar-refractivity contribution in [1.82, 2.24) is 5.32 Å². The molecule has 1 heterocycles. The summed E-state index contributed by atoms with van der Waals surface area (Å²) in [6, 6.07) is 12.5. The summed E-state index contributed by atoms with van der Waals surface area (Å²) < 4.78 is 0.799. The zero-order chi connectivity index (χ0) is 14.8. The van der Waals surface area contributed by atoms with Crippen molar-refractivity contribution in [3.05, 3.63) is 58.1 Å². The number of halogens is 1. The fraction of sp³-hybridized carbons (Fsp3) is 0.188. The van der Waals surface area contributed by atoms with Crippen molar-refractivity contribution in [3.63, 3.8) is 0 Å². The van der Waals surface area contributed by atoms with Crippen LogP contribution in [0.2, 0.25) is 0 Å². The Bertz CT molecular complexity index is 688. The van der Waals surface area contributed by atoms with Crippen molar-refractivity contribution in [1.29, 1.82) is 0 Å². The average Bonchev–Trinajstić information content (AvgIpc) is 2.50. The quantitative estimate of drug-likeness (QED) is 0.732. The Labute approximate surface area is 131 Å². The molecule has 0 saturated carbocycles. The maximum atomic E-state index is 12.5. The summed E-state index contributed by atoms with van der Waals surface area (Å²) in [4.78, 5) is 12.5. The lowest BCUT2D eigenvalue weighted by Gasteiger charge is -2.26. The number of hydrogen-bond donors (Lipinski definition) is 3. The summed E-state index contributed by atoms with van der Waals surface area (Å²) in [5.74, 6) is -0.119. The van der Waals surface area contributed by atoms with Crippen molar-refractivity contribution in [2.75, 3.05) is 11.9 Å². The maximum Gasteiger partial charge on any atom is 0.246 e. The van der Waals surface area contributed by atoms with Crippen LogP contribution in [0.25, 0.3) is 0 Å². The van der Waals surface area contributed by atoms with Gasteiger partial charge in [0.25, 0.3) is 0 Å². The monoisotopic (exact) mass is 346 g/mol. The highest BCUT2D eigenvalue weighted by Crippen LogP contribution is 2.29. The molecule has 1 atom stereocenters. The lowest BCUT2D eigenvalue weighted by atomic mass is 9.94. The predicted octanol–water partition coefficient (Wildman–Crippen LogP) is 2.98. The molecule has 0 aliphatic carbocycles. The van der Waals surface area contributed by atoms with Gasteiger partial charge in [0.1, 0.15) is 11.8 Å². The van der Waals surface area contributed by atoms with Crippen LogP contribution in [0.4, 0.5) is 5.69 Å². The van der Waals surface area contributed by atoms with Crippen LogP contribution in [0, 0.1) is 0 Å². The van der Waals surface area contributed by atoms with Crippen LogP contribution in [-0.4, -0.2) is 17.6 Å². The molecule has 0 bridgehead atoms. The average molecular weight is 347 g/mol. The Hall–Kier alpha value is -1.85. The molecule has 1 unspecified atom stereocenters. The smallest absolute Gasteiger partial charge is 0.246 e. The second kappa shape index (κ2) is 5.87. The van der Waals surface area contributed by atoms with Crippen molar-refractivity contribution >= 4 is 27.5 Å². The van der Waals surface area contributed by atoms with Gasteiger partial charge < -0.3 is 15.7 Å². The lowest BCUT2D eigenvalue weighted by molar-refractivity contribution is -0.118. The van der Waals surface area contributed by atoms with Gasteiger partial charge in [-0.25, -0.2) is 0 Å². The van der Waals surface area contributed by atoms with E-state index in [1.807, 2.05) is 24.3 Å². The second-order valence-electron chi connectivity index (χ2n) is 4.99. The van der Waals surface area contributed by atoms with Crippen LogP contribution in [0.1, 0.15) is 17.2 Å². The first-order valence-electron chi connectivity index (χ1n) is 6.76. The molecule has 3 rings (SSSR count). The van der Waals surface area contributed by atoms with Crippen LogP contribution < -0.4 is 10.6 Å². The zero-order valence-electron chi connectivity index (χ0n) is 11.3. The molecule has 2 aromatic rings. The van der Waals surface area contributed by atoms with Gasteiger partial charge in [-0.1, -0.05) is 40.2 Å². The first kappa shape index (κ1) is 14.1. The molecular weight excluding hydrogens is 332 g/mol. The largest absolute Gasteiger partial charge is 0.506 e. The molecule has 21 heavy (non-hydrogen) atoms. The van der Waals surface area contributed by atoms with Gasteiger partial charge >= 0.3 is 0 Å². The Morgan fingerprint density at radius 3 is 2.95 bits per heavy atom. The summed E-state index contributed by atoms with van der Waals surface area (Å²) >= 11 is 3.33. The van der Waals surface area contributed by atoms with Crippen molar-refractivity contribution in [3.8, 4) is 5.75 Å². The second-order valence-corrected chi connectivity index (χ2v) is 5.90. The van der Waals surface area contributed by atoms with Gasteiger partial charge in [-0.05, 0) is 35.7 Å². The van der Waals surface area contributed by atoms with E-state index in [2.05, 4.69) is 26.6 Å². The number of carbonyl (C=O) groups excluding carboxylic acids is 1. The number of anilines is 1. The van der Waals surface area contributed by atoms with E-state index in [9.17, 15) is 9.90 Å². The summed E-state index contributed by atoms with van der Waals surface area (Å²) in [5, 5.41) is 15.8. The van der Waals surface area contributed by atoms with Gasteiger partial charge in [0, 0.05) is 11.0 Å². The molecule has 0 spiro atoms. The van der Waals surface area contributed by atoms with Gasteiger partial charge in [0.2, 0.25) is 5.91 Å². The molecule has 4 nitrogen and oxygen atoms in total. The minimum atomic E-state index is -0.395. The van der Waals surface area contributed by atoms with E-state index in [0.29, 0.717) is 5.69 Å². The minimum absolute atomic E-state index is 0.0515. The number of nitrogens with one attached hydrogen (secondary N) is 2. The number of hydrogen-bond acceptors (Lipinski definition) is 3. The zero-order valence-corrected chi connectivity index (χ0v) is 12.9. The van der Waals surface area contributed by atoms with E-state index in [-0.39, 0.29) is 11.7 Å². The number of amides is 1. The van der Waals surface area contributed by atoms with Gasteiger partial charge in [-0.15, -0.1) is 0 Å². The summed E-state index contributed by atoms with van der Waals surface area (Å²) in [7, 11) is 0. The highest BCUT2D eigenvalue weighted by atomic mass is 79.9. The molecule has 1 aliphatic rings. The van der Waals surface area contributed by atoms with E-state index in [0.717, 1.165) is 23.0 Å². The molecule has 0 radical (unpaired) electrons. The third-order valence-corrected chi connectivity index (χ3v) is 4.08. The third-order valence-electron chi connectivity index (χ3n) is 3.59. The van der Waals surface area contributed by atoms with Crippen LogP contribution in [0.5, 0.6) is 5.75 Å². The van der Waals surface area contributed by atoms with Gasteiger partial charge in [-0.3, -0.25) is 4.79 Å². The Morgan fingerprint density at radius 2 is 2.10 bits per heavy atom. The van der Waals surface area contributed by atoms with Crippen molar-refractivity contribution in [2.24, 2.45) is 0 Å². The topological polar surface area (TPSA) is 61.4 Å². The number of rotatable bonds is 2. The van der Waals surface area contributed by atoms with E-state index in [1.165, 1.54) is 5.56 Å². The van der Waals surface area contributed by atoms with E-state index in [1.54, 1.807) is 18.2 Å². The Balaban J connectivity index is 1.85. The standard InChI is InChI=1S/C16H15BrN2O2/c17-11-5-6-14(20)13(9-11)19-16(21)15-12-4-2-1-3-10(12)7-8-18-15/h1-6,9,15,18,20H,7-8H2,(H,19,21). The lowest BCUT2D eigenvalue weighted by Crippen LogP contribution is -2.38. The highest BCUT2D eigenvalue weighted by Gasteiger charge is 2.26. The van der Waals surface area contributed by atoms with E-state index < -0.39 is 6.04 Å². The van der Waals surface area contributed by atoms with E-state index >= 15 is 0 Å². The molecule has 1 aliphatic heterocycles. The molecule has 2 aromatic carbocycles. The predicted molar refractivity (Wildman–Crippen MR) is 85.3 cm³/mol. The molecule has 3 N–H and O–H groups in total. The van der Waals surface area contributed by atoms with Crippen LogP contribution in [0.3, 0.4) is 0 Å². The van der Waals surface area contributed by atoms with Gasteiger partial charge in [-0.2, -0.15) is 0 Å². The number of aromatic hydroxyl groups is 1. The maximum absolute atomic E-state index is 12.5. The summed E-state index contributed by atoms with van der Waals surface area (Å²) in [6.07, 6.45) is 0.919. The SMILES string of the molecule is O=C(Nc1cc(Br)ccc1O)C1NCCc2ccccc21. The highest BCUT2D eigenvalue weighted by molar-refractivity contribution is 9.10. The Kier molecular flexibility index (Phi) is 3.94. The summed E-state index contributed by atoms with van der Waals surface area (Å²) in [5.41, 5.74) is 2.59. The molecule has 0 aromatic heterocycles. The van der Waals surface area contributed by atoms with E-state index in [4.69, 9.17) is 0 Å². The molecule has 1 amide bonds. The van der Waals surface area contributed by atoms with Crippen molar-refractivity contribution in [2.45, 2.75) is 12.5 Å². The number of carbonyl (C=O) groups is 1. The Morgan fingerprint density at radius 1 is 1.29 bits per heavy atom.